The van der Waals surface area contributed by atoms with Crippen LogP contribution in [-0.2, 0) is 4.79 Å². The molecule has 0 saturated carbocycles. The minimum atomic E-state index is -0.798. The number of rotatable bonds is 2. The maximum Gasteiger partial charge on any atom is 0.259 e. The first-order valence-electron chi connectivity index (χ1n) is 3.92. The van der Waals surface area contributed by atoms with Gasteiger partial charge in [0.1, 0.15) is 11.6 Å². The van der Waals surface area contributed by atoms with E-state index in [2.05, 4.69) is 0 Å². The second-order valence-electron chi connectivity index (χ2n) is 2.68. The topological polar surface area (TPSA) is 66.9 Å². The van der Waals surface area contributed by atoms with Crippen molar-refractivity contribution in [1.29, 1.82) is 5.26 Å². The van der Waals surface area contributed by atoms with Gasteiger partial charge in [-0.25, -0.2) is 0 Å². The molecule has 76 valence electrons. The second kappa shape index (κ2) is 4.83. The molecule has 2 N–H and O–H groups in total. The number of hydrogen-bond donors (Lipinski definition) is 1. The number of nitrogens with two attached hydrogens (primary N) is 1. The molecular formula is C10H6Cl2N2O. The lowest BCUT2D eigenvalue weighted by Gasteiger charge is -2.00. The molecule has 0 saturated heterocycles. The van der Waals surface area contributed by atoms with Gasteiger partial charge >= 0.3 is 0 Å². The molecule has 0 aliphatic heterocycles. The summed E-state index contributed by atoms with van der Waals surface area (Å²) in [6.45, 7) is 0. The van der Waals surface area contributed by atoms with Crippen LogP contribution in [0.2, 0.25) is 10.0 Å². The lowest BCUT2D eigenvalue weighted by Crippen LogP contribution is -2.12. The highest BCUT2D eigenvalue weighted by molar-refractivity contribution is 6.43. The number of primary amides is 1. The fourth-order valence-corrected chi connectivity index (χ4v) is 1.31. The first-order chi connectivity index (χ1) is 7.06. The van der Waals surface area contributed by atoms with Crippen LogP contribution in [0.15, 0.2) is 23.8 Å². The molecule has 0 aliphatic rings. The summed E-state index contributed by atoms with van der Waals surface area (Å²) in [4.78, 5) is 10.8. The van der Waals surface area contributed by atoms with Crippen LogP contribution in [0.3, 0.4) is 0 Å². The van der Waals surface area contributed by atoms with Gasteiger partial charge in [-0.15, -0.1) is 0 Å². The molecule has 0 heterocycles. The van der Waals surface area contributed by atoms with Crippen molar-refractivity contribution in [2.24, 2.45) is 5.73 Å². The highest BCUT2D eigenvalue weighted by Gasteiger charge is 2.07. The number of hydrogen-bond acceptors (Lipinski definition) is 2. The number of nitrogens with zero attached hydrogens (tertiary/aromatic N) is 1. The van der Waals surface area contributed by atoms with Crippen LogP contribution in [-0.4, -0.2) is 5.91 Å². The predicted octanol–water partition coefficient (Wildman–Crippen LogP) is 2.39. The Kier molecular flexibility index (Phi) is 3.73. The van der Waals surface area contributed by atoms with Crippen LogP contribution in [0.5, 0.6) is 0 Å². The van der Waals surface area contributed by atoms with E-state index in [4.69, 9.17) is 34.2 Å². The number of halogens is 2. The van der Waals surface area contributed by atoms with Crippen molar-refractivity contribution in [3.05, 3.63) is 39.4 Å². The van der Waals surface area contributed by atoms with E-state index in [0.717, 1.165) is 0 Å². The first-order valence-corrected chi connectivity index (χ1v) is 4.67. The van der Waals surface area contributed by atoms with Crippen LogP contribution in [0, 0.1) is 11.3 Å². The normalized spacial score (nSPS) is 10.9. The molecule has 1 rings (SSSR count). The Balaban J connectivity index is 3.25. The fourth-order valence-electron chi connectivity index (χ4n) is 0.946. The number of carbonyl (C=O) groups excluding carboxylic acids is 1. The zero-order chi connectivity index (χ0) is 11.4. The number of benzene rings is 1. The van der Waals surface area contributed by atoms with Crippen molar-refractivity contribution in [2.75, 3.05) is 0 Å². The lowest BCUT2D eigenvalue weighted by molar-refractivity contribution is -0.114. The molecule has 0 aromatic heterocycles. The largest absolute Gasteiger partial charge is 0.365 e. The molecule has 0 atom stereocenters. The van der Waals surface area contributed by atoms with E-state index in [9.17, 15) is 4.79 Å². The molecule has 0 fully saturated rings. The Morgan fingerprint density at radius 3 is 2.67 bits per heavy atom. The molecule has 0 unspecified atom stereocenters. The van der Waals surface area contributed by atoms with Crippen LogP contribution in [0.1, 0.15) is 5.56 Å². The molecule has 5 heteroatoms. The number of carbonyl (C=O) groups is 1. The standard InChI is InChI=1S/C10H6Cl2N2O/c11-8-3-1-2-6(9(8)12)4-7(5-13)10(14)15/h1-4H,(H2,14,15)/b7-4+. The molecule has 0 spiro atoms. The third-order valence-electron chi connectivity index (χ3n) is 1.67. The second-order valence-corrected chi connectivity index (χ2v) is 3.46. The Hall–Kier alpha value is -1.50. The van der Waals surface area contributed by atoms with Crippen molar-refractivity contribution < 1.29 is 4.79 Å². The zero-order valence-corrected chi connectivity index (χ0v) is 9.01. The molecule has 15 heavy (non-hydrogen) atoms. The Morgan fingerprint density at radius 1 is 1.47 bits per heavy atom. The van der Waals surface area contributed by atoms with E-state index < -0.39 is 5.91 Å². The smallest absolute Gasteiger partial charge is 0.259 e. The first kappa shape index (κ1) is 11.6. The Bertz CT molecular complexity index is 475. The molecular weight excluding hydrogens is 235 g/mol. The predicted molar refractivity (Wildman–Crippen MR) is 59.2 cm³/mol. The average molecular weight is 241 g/mol. The van der Waals surface area contributed by atoms with Crippen molar-refractivity contribution in [1.82, 2.24) is 0 Å². The van der Waals surface area contributed by atoms with E-state index in [1.54, 1.807) is 24.3 Å². The zero-order valence-electron chi connectivity index (χ0n) is 7.50. The quantitative estimate of drug-likeness (QED) is 0.638. The van der Waals surface area contributed by atoms with Crippen molar-refractivity contribution in [2.45, 2.75) is 0 Å². The molecule has 1 amide bonds. The average Bonchev–Trinajstić information content (AvgIpc) is 2.19. The van der Waals surface area contributed by atoms with Crippen molar-refractivity contribution >= 4 is 35.2 Å². The van der Waals surface area contributed by atoms with Gasteiger partial charge in [0.05, 0.1) is 10.0 Å². The van der Waals surface area contributed by atoms with Gasteiger partial charge in [-0.3, -0.25) is 4.79 Å². The monoisotopic (exact) mass is 240 g/mol. The summed E-state index contributed by atoms with van der Waals surface area (Å²) in [6, 6.07) is 6.59. The summed E-state index contributed by atoms with van der Waals surface area (Å²) in [5, 5.41) is 9.26. The minimum absolute atomic E-state index is 0.167. The molecule has 1 aromatic rings. The lowest BCUT2D eigenvalue weighted by atomic mass is 10.1. The summed E-state index contributed by atoms with van der Waals surface area (Å²) in [5.74, 6) is -0.798. The van der Waals surface area contributed by atoms with Gasteiger partial charge in [0.2, 0.25) is 0 Å². The Labute approximate surface area is 96.7 Å². The summed E-state index contributed by atoms with van der Waals surface area (Å²) in [7, 11) is 0. The van der Waals surface area contributed by atoms with Gasteiger partial charge in [-0.05, 0) is 17.7 Å². The van der Waals surface area contributed by atoms with Gasteiger partial charge in [-0.2, -0.15) is 5.26 Å². The van der Waals surface area contributed by atoms with Crippen LogP contribution >= 0.6 is 23.2 Å². The van der Waals surface area contributed by atoms with Gasteiger partial charge in [-0.1, -0.05) is 35.3 Å². The number of nitriles is 1. The van der Waals surface area contributed by atoms with Gasteiger partial charge in [0, 0.05) is 0 Å². The highest BCUT2D eigenvalue weighted by atomic mass is 35.5. The molecule has 0 radical (unpaired) electrons. The fraction of sp³-hybridized carbons (Fsp3) is 0. The summed E-state index contributed by atoms with van der Waals surface area (Å²) in [5.41, 5.74) is 5.30. The van der Waals surface area contributed by atoms with E-state index >= 15 is 0 Å². The molecule has 3 nitrogen and oxygen atoms in total. The van der Waals surface area contributed by atoms with Crippen LogP contribution in [0.25, 0.3) is 6.08 Å². The summed E-state index contributed by atoms with van der Waals surface area (Å²) >= 11 is 11.6. The number of amides is 1. The van der Waals surface area contributed by atoms with E-state index in [1.165, 1.54) is 6.08 Å². The minimum Gasteiger partial charge on any atom is -0.365 e. The van der Waals surface area contributed by atoms with E-state index in [1.807, 2.05) is 0 Å². The third kappa shape index (κ3) is 2.72. The van der Waals surface area contributed by atoms with Crippen molar-refractivity contribution in [3.8, 4) is 6.07 Å². The SMILES string of the molecule is N#C/C(=C\c1cccc(Cl)c1Cl)C(N)=O. The van der Waals surface area contributed by atoms with Crippen LogP contribution in [0.4, 0.5) is 0 Å². The summed E-state index contributed by atoms with van der Waals surface area (Å²) < 4.78 is 0. The maximum absolute atomic E-state index is 10.8. The molecule has 1 aromatic carbocycles. The van der Waals surface area contributed by atoms with Gasteiger partial charge in [0.15, 0.2) is 0 Å². The molecule has 0 aliphatic carbocycles. The third-order valence-corrected chi connectivity index (χ3v) is 2.50. The van der Waals surface area contributed by atoms with Crippen molar-refractivity contribution in [3.63, 3.8) is 0 Å². The Morgan fingerprint density at radius 2 is 2.13 bits per heavy atom. The highest BCUT2D eigenvalue weighted by Crippen LogP contribution is 2.26. The van der Waals surface area contributed by atoms with E-state index in [-0.39, 0.29) is 10.6 Å². The van der Waals surface area contributed by atoms with Crippen LogP contribution < -0.4 is 5.73 Å². The van der Waals surface area contributed by atoms with Gasteiger partial charge in [0.25, 0.3) is 5.91 Å². The molecule has 0 bridgehead atoms. The maximum atomic E-state index is 10.8. The van der Waals surface area contributed by atoms with Gasteiger partial charge < -0.3 is 5.73 Å². The summed E-state index contributed by atoms with van der Waals surface area (Å²) in [6.07, 6.45) is 1.30. The van der Waals surface area contributed by atoms with E-state index in [0.29, 0.717) is 10.6 Å².